The molecule has 0 aliphatic carbocycles. The molecule has 15 nitrogen and oxygen atoms in total. The molecule has 1 aromatic heterocycles. The van der Waals surface area contributed by atoms with Crippen LogP contribution in [0, 0.1) is 30.6 Å². The molecule has 0 spiro atoms. The Morgan fingerprint density at radius 1 is 0.948 bits per heavy atom. The lowest BCUT2D eigenvalue weighted by Crippen LogP contribution is -2.46. The maximum Gasteiger partial charge on any atom is 0.312 e. The minimum absolute atomic E-state index is 0.0368. The number of hydrogen-bond acceptors (Lipinski definition) is 14. The van der Waals surface area contributed by atoms with Crippen LogP contribution in [0.25, 0.3) is 10.8 Å². The number of carbonyl (C=O) groups is 3. The number of aliphatic hydroxyl groups excluding tert-OH is 2. The van der Waals surface area contributed by atoms with E-state index in [1.54, 1.807) is 52.0 Å². The molecule has 2 aromatic carbocycles. The maximum atomic E-state index is 14.4. The van der Waals surface area contributed by atoms with E-state index in [0.29, 0.717) is 5.69 Å². The van der Waals surface area contributed by atoms with Crippen LogP contribution in [0.5, 0.6) is 23.0 Å². The van der Waals surface area contributed by atoms with Crippen LogP contribution in [0.2, 0.25) is 0 Å². The number of phenols is 3. The molecule has 9 atom stereocenters. The summed E-state index contributed by atoms with van der Waals surface area (Å²) in [5.74, 6) is -8.58. The van der Waals surface area contributed by atoms with Gasteiger partial charge in [-0.2, -0.15) is 0 Å². The molecule has 3 aromatic rings. The second-order valence-electron chi connectivity index (χ2n) is 15.1. The molecular formula is C43H51N3O12. The highest BCUT2D eigenvalue weighted by molar-refractivity contribution is 6.24. The quantitative estimate of drug-likeness (QED) is 0.0783. The van der Waals surface area contributed by atoms with Crippen molar-refractivity contribution in [2.45, 2.75) is 85.6 Å². The van der Waals surface area contributed by atoms with Crippen molar-refractivity contribution in [3.8, 4) is 23.0 Å². The first-order chi connectivity index (χ1) is 27.3. The first kappa shape index (κ1) is 43.4. The topological polar surface area (TPSA) is 227 Å². The summed E-state index contributed by atoms with van der Waals surface area (Å²) in [6.45, 7) is 12.4. The summed E-state index contributed by atoms with van der Waals surface area (Å²) in [6, 6.07) is 3.17. The summed E-state index contributed by atoms with van der Waals surface area (Å²) in [7, 11) is 1.43. The Balaban J connectivity index is 1.73. The summed E-state index contributed by atoms with van der Waals surface area (Å²) in [6.07, 6.45) is 7.65. The number of nitrogens with one attached hydrogen (secondary N) is 1. The number of ether oxygens (including phenoxy) is 4. The van der Waals surface area contributed by atoms with Crippen LogP contribution in [0.15, 0.2) is 65.7 Å². The second kappa shape index (κ2) is 17.4. The molecule has 5 bridgehead atoms. The minimum atomic E-state index is -2.06. The third-order valence-corrected chi connectivity index (χ3v) is 11.0. The predicted molar refractivity (Wildman–Crippen MR) is 215 cm³/mol. The smallest absolute Gasteiger partial charge is 0.312 e. The molecule has 0 radical (unpaired) electrons. The van der Waals surface area contributed by atoms with Crippen molar-refractivity contribution in [2.24, 2.45) is 28.7 Å². The van der Waals surface area contributed by atoms with E-state index < -0.39 is 88.8 Å². The monoisotopic (exact) mass is 801 g/mol. The van der Waals surface area contributed by atoms with Crippen LogP contribution in [0.4, 0.5) is 11.4 Å². The molecule has 4 heterocycles. The van der Waals surface area contributed by atoms with Crippen molar-refractivity contribution in [3.05, 3.63) is 77.4 Å². The van der Waals surface area contributed by atoms with Gasteiger partial charge >= 0.3 is 11.8 Å². The summed E-state index contributed by atoms with van der Waals surface area (Å²) >= 11 is 0. The average molecular weight is 802 g/mol. The number of aromatic hydroxyl groups is 3. The molecule has 3 aliphatic heterocycles. The number of aromatic nitrogens is 1. The molecule has 58 heavy (non-hydrogen) atoms. The number of allylic oxidation sites excluding steroid dienone is 2. The molecule has 0 saturated heterocycles. The molecule has 15 heteroatoms. The van der Waals surface area contributed by atoms with E-state index >= 15 is 0 Å². The van der Waals surface area contributed by atoms with Crippen molar-refractivity contribution in [2.75, 3.05) is 12.4 Å². The summed E-state index contributed by atoms with van der Waals surface area (Å²) in [4.78, 5) is 48.7. The Morgan fingerprint density at radius 3 is 2.26 bits per heavy atom. The van der Waals surface area contributed by atoms with Crippen LogP contribution in [-0.2, 0) is 23.8 Å². The van der Waals surface area contributed by atoms with Gasteiger partial charge in [-0.25, -0.2) is 0 Å². The summed E-state index contributed by atoms with van der Waals surface area (Å²) in [5, 5.41) is 60.2. The van der Waals surface area contributed by atoms with Crippen molar-refractivity contribution >= 4 is 46.0 Å². The predicted octanol–water partition coefficient (Wildman–Crippen LogP) is 5.90. The first-order valence-electron chi connectivity index (χ1n) is 18.9. The Bertz CT molecular complexity index is 2200. The van der Waals surface area contributed by atoms with Gasteiger partial charge in [-0.3, -0.25) is 24.4 Å². The molecule has 3 aliphatic rings. The number of aliphatic hydroxyl groups is 2. The molecule has 1 amide bonds. The molecule has 0 saturated carbocycles. The van der Waals surface area contributed by atoms with E-state index in [1.807, 2.05) is 0 Å². The van der Waals surface area contributed by atoms with Crippen molar-refractivity contribution in [1.29, 1.82) is 0 Å². The van der Waals surface area contributed by atoms with Crippen LogP contribution in [0.3, 0.4) is 0 Å². The first-order valence-corrected chi connectivity index (χ1v) is 18.9. The number of carbonyl (C=O) groups excluding carboxylic acids is 3. The number of nitrogens with zero attached hydrogens (tertiary/aromatic N) is 2. The number of rotatable bonds is 4. The highest BCUT2D eigenvalue weighted by atomic mass is 16.7. The van der Waals surface area contributed by atoms with Gasteiger partial charge in [-0.05, 0) is 32.1 Å². The van der Waals surface area contributed by atoms with Gasteiger partial charge in [0.05, 0.1) is 52.5 Å². The van der Waals surface area contributed by atoms with Gasteiger partial charge in [0.25, 0.3) is 11.7 Å². The SMILES string of the molecule is CO[C@H]1/C=C/O[C@@]2(C)Oc3c(C)c(O)c4c(O)c(c(C=Nc5ccncc5)c(O)c4c3C2=O)NC(=O)/C(C)=C/C=C/[C@H](C)[C@H](O)[C@@H](C)[C@@H](O)[C@@H](C)[C@H](OC(C)=O)[C@@H]1C. The molecule has 0 unspecified atom stereocenters. The Kier molecular flexibility index (Phi) is 13.0. The van der Waals surface area contributed by atoms with Gasteiger partial charge in [0.2, 0.25) is 0 Å². The van der Waals surface area contributed by atoms with Crippen LogP contribution in [0.1, 0.15) is 70.0 Å². The van der Waals surface area contributed by atoms with Gasteiger partial charge in [-0.15, -0.1) is 0 Å². The van der Waals surface area contributed by atoms with E-state index in [-0.39, 0.29) is 44.5 Å². The van der Waals surface area contributed by atoms with Gasteiger partial charge in [-0.1, -0.05) is 45.9 Å². The number of Topliss-reactive ketones (excluding diaryl/α,β-unsaturated/α-hetero) is 1. The maximum absolute atomic E-state index is 14.4. The van der Waals surface area contributed by atoms with Crippen molar-refractivity contribution in [3.63, 3.8) is 0 Å². The van der Waals surface area contributed by atoms with E-state index in [0.717, 1.165) is 0 Å². The molecule has 6 rings (SSSR count). The number of esters is 1. The second-order valence-corrected chi connectivity index (χ2v) is 15.1. The zero-order valence-electron chi connectivity index (χ0n) is 33.9. The Hall–Kier alpha value is -5.77. The molecular weight excluding hydrogens is 750 g/mol. The molecule has 0 fully saturated rings. The van der Waals surface area contributed by atoms with E-state index in [1.165, 1.54) is 71.8 Å². The number of aliphatic imine (C=N–C) groups is 1. The lowest BCUT2D eigenvalue weighted by Gasteiger charge is -2.38. The fourth-order valence-corrected chi connectivity index (χ4v) is 7.44. The lowest BCUT2D eigenvalue weighted by molar-refractivity contribution is -0.160. The van der Waals surface area contributed by atoms with Crippen molar-refractivity contribution < 1.29 is 58.9 Å². The van der Waals surface area contributed by atoms with Gasteiger partial charge in [0.15, 0.2) is 5.75 Å². The number of hydrogen-bond donors (Lipinski definition) is 6. The Morgan fingerprint density at radius 2 is 1.62 bits per heavy atom. The lowest BCUT2D eigenvalue weighted by atomic mass is 9.78. The number of benzene rings is 2. The fraction of sp³-hybridized carbons (Fsp3) is 0.419. The number of amides is 1. The number of phenolic OH excluding ortho intramolecular Hbond substituents is 3. The summed E-state index contributed by atoms with van der Waals surface area (Å²) < 4.78 is 23.5. The van der Waals surface area contributed by atoms with E-state index in [4.69, 9.17) is 18.9 Å². The highest BCUT2D eigenvalue weighted by Gasteiger charge is 2.50. The third kappa shape index (κ3) is 8.28. The van der Waals surface area contributed by atoms with Gasteiger partial charge in [0.1, 0.15) is 23.4 Å². The van der Waals surface area contributed by atoms with Crippen molar-refractivity contribution in [1.82, 2.24) is 4.98 Å². The largest absolute Gasteiger partial charge is 0.507 e. The normalized spacial score (nSPS) is 30.4. The number of fused-ring (bicyclic) bond motifs is 14. The molecule has 6 N–H and O–H groups in total. The zero-order chi connectivity index (χ0) is 42.8. The van der Waals surface area contributed by atoms with E-state index in [2.05, 4.69) is 15.3 Å². The van der Waals surface area contributed by atoms with Gasteiger partial charge < -0.3 is 49.8 Å². The van der Waals surface area contributed by atoms with Crippen LogP contribution >= 0.6 is 0 Å². The standard InChI is InChI=1S/C43H51N3O12/c1-20-11-10-12-21(2)42(54)46-33-28(19-45-27-13-16-44-17-14-27)37(51)30-31(38(33)52)36(50)25(6)40-32(30)41(53)43(8,58-40)56-18-15-29(55-9)22(3)39(57-26(7)47)24(5)35(49)23(4)34(20)48/h10-20,22-24,29,34-35,39,48-52H,1-9H3,(H,46,54)/b11-10+,18-15+,21-12+,45-19?/t20-,22+,23+,24+,29-,34-,35+,39+,43-/m0/s1. The third-order valence-electron chi connectivity index (χ3n) is 11.0. The van der Waals surface area contributed by atoms with Crippen LogP contribution < -0.4 is 10.1 Å². The fourth-order valence-electron chi connectivity index (χ4n) is 7.44. The Labute approximate surface area is 336 Å². The highest BCUT2D eigenvalue weighted by Crippen LogP contribution is 2.55. The van der Waals surface area contributed by atoms with Gasteiger partial charge in [0, 0.05) is 79.8 Å². The number of ketones is 1. The number of pyridine rings is 1. The number of anilines is 1. The zero-order valence-corrected chi connectivity index (χ0v) is 33.9. The summed E-state index contributed by atoms with van der Waals surface area (Å²) in [5.41, 5.74) is -0.120. The van der Waals surface area contributed by atoms with E-state index in [9.17, 15) is 39.9 Å². The molecule has 310 valence electrons. The number of methoxy groups -OCH3 is 1. The average Bonchev–Trinajstić information content (AvgIpc) is 3.46. The minimum Gasteiger partial charge on any atom is -0.507 e. The van der Waals surface area contributed by atoms with Crippen LogP contribution in [-0.4, -0.2) is 91.7 Å².